The lowest BCUT2D eigenvalue weighted by Gasteiger charge is -2.38. The molecule has 24 heavy (non-hydrogen) atoms. The van der Waals surface area contributed by atoms with Gasteiger partial charge in [0.15, 0.2) is 0 Å². The van der Waals surface area contributed by atoms with E-state index in [1.807, 2.05) is 6.07 Å². The molecule has 0 radical (unpaired) electrons. The first-order valence-electron chi connectivity index (χ1n) is 8.48. The van der Waals surface area contributed by atoms with Gasteiger partial charge in [0.05, 0.1) is 19.4 Å². The smallest absolute Gasteiger partial charge is 0.146 e. The topological polar surface area (TPSA) is 59.5 Å². The van der Waals surface area contributed by atoms with E-state index < -0.39 is 0 Å². The van der Waals surface area contributed by atoms with Crippen LogP contribution in [0.15, 0.2) is 24.5 Å². The van der Waals surface area contributed by atoms with Crippen LogP contribution in [-0.2, 0) is 4.74 Å². The number of rotatable bonds is 6. The Labute approximate surface area is 143 Å². The van der Waals surface area contributed by atoms with Crippen molar-refractivity contribution < 1.29 is 9.47 Å². The van der Waals surface area contributed by atoms with E-state index >= 15 is 0 Å². The van der Waals surface area contributed by atoms with Crippen molar-refractivity contribution in [1.29, 1.82) is 0 Å². The quantitative estimate of drug-likeness (QED) is 0.819. The Morgan fingerprint density at radius 3 is 2.71 bits per heavy atom. The minimum atomic E-state index is 0.456. The summed E-state index contributed by atoms with van der Waals surface area (Å²) in [4.78, 5) is 11.4. The molecule has 1 aromatic carbocycles. The van der Waals surface area contributed by atoms with Crippen LogP contribution in [0.2, 0.25) is 0 Å². The van der Waals surface area contributed by atoms with E-state index in [1.54, 1.807) is 26.6 Å². The second kappa shape index (κ2) is 7.77. The van der Waals surface area contributed by atoms with E-state index in [0.717, 1.165) is 48.7 Å². The van der Waals surface area contributed by atoms with Gasteiger partial charge in [-0.1, -0.05) is 6.92 Å². The van der Waals surface area contributed by atoms with Crippen LogP contribution in [0, 0.1) is 5.92 Å². The standard InChI is InChI=1S/C18H26N4O2/c1-13-10-14(19-8-9-23-2)12-22(11-13)15-4-5-16(24-3)18-17(15)20-6-7-21-18/h4-7,13-14,19H,8-12H2,1-3H3. The van der Waals surface area contributed by atoms with Gasteiger partial charge in [-0.2, -0.15) is 0 Å². The predicted molar refractivity (Wildman–Crippen MR) is 95.8 cm³/mol. The van der Waals surface area contributed by atoms with E-state index in [0.29, 0.717) is 12.0 Å². The molecule has 6 heteroatoms. The number of hydrogen-bond donors (Lipinski definition) is 1. The maximum atomic E-state index is 5.43. The molecule has 2 unspecified atom stereocenters. The van der Waals surface area contributed by atoms with Crippen molar-refractivity contribution in [3.8, 4) is 5.75 Å². The van der Waals surface area contributed by atoms with Gasteiger partial charge in [0.25, 0.3) is 0 Å². The molecule has 0 bridgehead atoms. The van der Waals surface area contributed by atoms with Gasteiger partial charge in [-0.25, -0.2) is 4.98 Å². The van der Waals surface area contributed by atoms with Gasteiger partial charge in [0.2, 0.25) is 0 Å². The van der Waals surface area contributed by atoms with Crippen molar-refractivity contribution in [2.24, 2.45) is 5.92 Å². The number of hydrogen-bond acceptors (Lipinski definition) is 6. The molecule has 1 aliphatic rings. The highest BCUT2D eigenvalue weighted by Gasteiger charge is 2.26. The van der Waals surface area contributed by atoms with Crippen LogP contribution in [0.4, 0.5) is 5.69 Å². The molecule has 0 saturated carbocycles. The average molecular weight is 330 g/mol. The first-order chi connectivity index (χ1) is 11.7. The highest BCUT2D eigenvalue weighted by molar-refractivity contribution is 5.92. The zero-order chi connectivity index (χ0) is 16.9. The van der Waals surface area contributed by atoms with Crippen LogP contribution in [-0.4, -0.2) is 56.5 Å². The fraction of sp³-hybridized carbons (Fsp3) is 0.556. The van der Waals surface area contributed by atoms with Gasteiger partial charge in [0.1, 0.15) is 16.8 Å². The molecule has 1 fully saturated rings. The van der Waals surface area contributed by atoms with Gasteiger partial charge in [-0.3, -0.25) is 4.98 Å². The van der Waals surface area contributed by atoms with E-state index in [-0.39, 0.29) is 0 Å². The van der Waals surface area contributed by atoms with E-state index in [2.05, 4.69) is 33.2 Å². The Morgan fingerprint density at radius 2 is 1.96 bits per heavy atom. The van der Waals surface area contributed by atoms with Gasteiger partial charge in [0, 0.05) is 45.2 Å². The van der Waals surface area contributed by atoms with Crippen LogP contribution in [0.1, 0.15) is 13.3 Å². The normalized spacial score (nSPS) is 21.2. The molecule has 0 aliphatic carbocycles. The molecule has 0 spiro atoms. The summed E-state index contributed by atoms with van der Waals surface area (Å²) in [6, 6.07) is 4.54. The van der Waals surface area contributed by atoms with E-state index in [1.165, 1.54) is 6.42 Å². The summed E-state index contributed by atoms with van der Waals surface area (Å²) in [7, 11) is 3.40. The van der Waals surface area contributed by atoms with Gasteiger partial charge in [-0.05, 0) is 24.5 Å². The molecule has 1 N–H and O–H groups in total. The van der Waals surface area contributed by atoms with Crippen molar-refractivity contribution in [2.75, 3.05) is 45.4 Å². The number of ether oxygens (including phenoxy) is 2. The Hall–Kier alpha value is -1.92. The van der Waals surface area contributed by atoms with Crippen LogP contribution in [0.25, 0.3) is 11.0 Å². The Kier molecular flexibility index (Phi) is 5.48. The monoisotopic (exact) mass is 330 g/mol. The second-order valence-electron chi connectivity index (χ2n) is 6.43. The fourth-order valence-corrected chi connectivity index (χ4v) is 3.50. The Morgan fingerprint density at radius 1 is 1.17 bits per heavy atom. The first-order valence-corrected chi connectivity index (χ1v) is 8.48. The number of nitrogens with one attached hydrogen (secondary N) is 1. The van der Waals surface area contributed by atoms with E-state index in [9.17, 15) is 0 Å². The molecule has 2 aromatic rings. The fourth-order valence-electron chi connectivity index (χ4n) is 3.50. The Bertz CT molecular complexity index is 679. The third kappa shape index (κ3) is 3.60. The summed E-state index contributed by atoms with van der Waals surface area (Å²) in [6.45, 7) is 5.91. The number of fused-ring (bicyclic) bond motifs is 1. The molecule has 1 saturated heterocycles. The number of anilines is 1. The lowest BCUT2D eigenvalue weighted by Crippen LogP contribution is -2.49. The molecule has 2 atom stereocenters. The number of methoxy groups -OCH3 is 2. The molecule has 6 nitrogen and oxygen atoms in total. The summed E-state index contributed by atoms with van der Waals surface area (Å²) < 4.78 is 10.6. The van der Waals surface area contributed by atoms with E-state index in [4.69, 9.17) is 9.47 Å². The van der Waals surface area contributed by atoms with Crippen LogP contribution in [0.3, 0.4) is 0 Å². The zero-order valence-corrected chi connectivity index (χ0v) is 14.7. The molecule has 3 rings (SSSR count). The molecule has 0 amide bonds. The lowest BCUT2D eigenvalue weighted by atomic mass is 9.95. The third-order valence-corrected chi connectivity index (χ3v) is 4.53. The highest BCUT2D eigenvalue weighted by atomic mass is 16.5. The van der Waals surface area contributed by atoms with Crippen LogP contribution in [0.5, 0.6) is 5.75 Å². The van der Waals surface area contributed by atoms with Crippen molar-refractivity contribution in [3.05, 3.63) is 24.5 Å². The minimum Gasteiger partial charge on any atom is -0.494 e. The maximum Gasteiger partial charge on any atom is 0.146 e. The third-order valence-electron chi connectivity index (χ3n) is 4.53. The van der Waals surface area contributed by atoms with Crippen molar-refractivity contribution in [1.82, 2.24) is 15.3 Å². The number of aromatic nitrogens is 2. The largest absolute Gasteiger partial charge is 0.494 e. The van der Waals surface area contributed by atoms with Gasteiger partial charge in [-0.15, -0.1) is 0 Å². The lowest BCUT2D eigenvalue weighted by molar-refractivity contribution is 0.192. The van der Waals surface area contributed by atoms with Gasteiger partial charge >= 0.3 is 0 Å². The minimum absolute atomic E-state index is 0.456. The molecule has 1 aliphatic heterocycles. The molecular formula is C18H26N4O2. The van der Waals surface area contributed by atoms with Crippen molar-refractivity contribution in [3.63, 3.8) is 0 Å². The number of benzene rings is 1. The summed E-state index contributed by atoms with van der Waals surface area (Å²) >= 11 is 0. The SMILES string of the molecule is COCCNC1CC(C)CN(c2ccc(OC)c3nccnc23)C1. The predicted octanol–water partition coefficient (Wildman–Crippen LogP) is 2.09. The molecule has 1 aromatic heterocycles. The van der Waals surface area contributed by atoms with Crippen LogP contribution >= 0.6 is 0 Å². The summed E-state index contributed by atoms with van der Waals surface area (Å²) in [5.41, 5.74) is 2.85. The molecule has 2 heterocycles. The highest BCUT2D eigenvalue weighted by Crippen LogP contribution is 2.32. The van der Waals surface area contributed by atoms with Crippen molar-refractivity contribution >= 4 is 16.7 Å². The van der Waals surface area contributed by atoms with Gasteiger partial charge < -0.3 is 19.7 Å². The van der Waals surface area contributed by atoms with Crippen LogP contribution < -0.4 is 15.0 Å². The number of piperidine rings is 1. The summed E-state index contributed by atoms with van der Waals surface area (Å²) in [6.07, 6.45) is 4.63. The second-order valence-corrected chi connectivity index (χ2v) is 6.43. The molecule has 130 valence electrons. The van der Waals surface area contributed by atoms with Crippen molar-refractivity contribution in [2.45, 2.75) is 19.4 Å². The first kappa shape index (κ1) is 16.9. The summed E-state index contributed by atoms with van der Waals surface area (Å²) in [5.74, 6) is 1.38. The number of nitrogens with zero attached hydrogens (tertiary/aromatic N) is 3. The maximum absolute atomic E-state index is 5.43. The Balaban J connectivity index is 1.86. The zero-order valence-electron chi connectivity index (χ0n) is 14.7. The summed E-state index contributed by atoms with van der Waals surface area (Å²) in [5, 5.41) is 3.60. The average Bonchev–Trinajstić information content (AvgIpc) is 2.60. The molecular weight excluding hydrogens is 304 g/mol.